The fourth-order valence-electron chi connectivity index (χ4n) is 8.39. The van der Waals surface area contributed by atoms with Crippen LogP contribution >= 0.6 is 18.9 Å². The van der Waals surface area contributed by atoms with Crippen molar-refractivity contribution in [3.8, 4) is 5.75 Å². The van der Waals surface area contributed by atoms with E-state index in [0.717, 1.165) is 50.2 Å². The lowest BCUT2D eigenvalue weighted by molar-refractivity contribution is -0.148. The maximum atomic E-state index is 16.5. The number of carbonyl (C=O) groups is 4. The maximum absolute atomic E-state index is 16.5. The van der Waals surface area contributed by atoms with Crippen LogP contribution in [0.4, 0.5) is 10.2 Å². The Labute approximate surface area is 346 Å². The molecule has 4 aromatic rings. The van der Waals surface area contributed by atoms with Crippen LogP contribution in [0, 0.1) is 0 Å². The molecule has 17 heteroatoms. The molecule has 0 bridgehead atoms. The number of likely N-dealkylation sites (tertiary alicyclic amines) is 1. The van der Waals surface area contributed by atoms with Crippen LogP contribution in [0.15, 0.2) is 67.1 Å². The molecule has 4 aliphatic rings. The fourth-order valence-corrected chi connectivity index (χ4v) is 11.2. The zero-order valence-electron chi connectivity index (χ0n) is 33.1. The van der Waals surface area contributed by atoms with Gasteiger partial charge in [-0.1, -0.05) is 31.2 Å². The van der Waals surface area contributed by atoms with Crippen LogP contribution in [-0.2, 0) is 23.7 Å². The van der Waals surface area contributed by atoms with E-state index in [1.54, 1.807) is 53.7 Å². The van der Waals surface area contributed by atoms with Crippen LogP contribution in [0.5, 0.6) is 5.75 Å². The quantitative estimate of drug-likeness (QED) is 0.108. The first-order valence-electron chi connectivity index (χ1n) is 20.5. The number of amides is 3. The lowest BCUT2D eigenvalue weighted by atomic mass is 9.91. The molecule has 3 amide bonds. The summed E-state index contributed by atoms with van der Waals surface area (Å²) in [4.78, 5) is 69.4. The second-order valence-corrected chi connectivity index (χ2v) is 19.0. The SMILES string of the molecule is CCCOC(=O)[C@H](C)NP(=O)(Oc1ccccc1)[C@H](F)c1ccc2sc(C(=O)N[C@H]3CCC[C@H]4CC[C@@H](C(=O)N5CC(c6cncnc6N6CCC6)C5)N4C3=O)cc2c1. The third-order valence-electron chi connectivity index (χ3n) is 11.7. The van der Waals surface area contributed by atoms with Crippen LogP contribution in [0.2, 0.25) is 0 Å². The van der Waals surface area contributed by atoms with E-state index in [1.807, 2.05) is 18.0 Å². The predicted molar refractivity (Wildman–Crippen MR) is 221 cm³/mol. The van der Waals surface area contributed by atoms with Crippen molar-refractivity contribution in [1.82, 2.24) is 30.2 Å². The van der Waals surface area contributed by atoms with Crippen LogP contribution < -0.4 is 19.8 Å². The Morgan fingerprint density at radius 2 is 1.83 bits per heavy atom. The number of hydrogen-bond acceptors (Lipinski definition) is 11. The summed E-state index contributed by atoms with van der Waals surface area (Å²) in [6.07, 6.45) is 8.39. The Balaban J connectivity index is 0.939. The number of rotatable bonds is 14. The van der Waals surface area contributed by atoms with Gasteiger partial charge in [-0.25, -0.2) is 19.4 Å². The number of para-hydroxylation sites is 1. The van der Waals surface area contributed by atoms with Gasteiger partial charge in [0.25, 0.3) is 5.91 Å². The highest BCUT2D eigenvalue weighted by Gasteiger charge is 2.48. The zero-order chi connectivity index (χ0) is 41.3. The second-order valence-electron chi connectivity index (χ2n) is 15.8. The second kappa shape index (κ2) is 17.4. The summed E-state index contributed by atoms with van der Waals surface area (Å²) in [7, 11) is -4.44. The van der Waals surface area contributed by atoms with Crippen LogP contribution in [-0.4, -0.2) is 100 Å². The Morgan fingerprint density at radius 1 is 1.03 bits per heavy atom. The third-order valence-corrected chi connectivity index (χ3v) is 14.9. The molecule has 2 aromatic heterocycles. The number of fused-ring (bicyclic) bond motifs is 2. The Bertz CT molecular complexity index is 2250. The number of alkyl halides is 1. The first-order chi connectivity index (χ1) is 28.5. The van der Waals surface area contributed by atoms with Gasteiger partial charge < -0.3 is 29.3 Å². The van der Waals surface area contributed by atoms with Gasteiger partial charge in [0.1, 0.15) is 36.0 Å². The Kier molecular flexibility index (Phi) is 12.0. The third kappa shape index (κ3) is 8.44. The lowest BCUT2D eigenvalue weighted by Crippen LogP contribution is -2.58. The number of esters is 1. The minimum atomic E-state index is -4.44. The summed E-state index contributed by atoms with van der Waals surface area (Å²) in [6.45, 7) is 6.48. The molecule has 6 heterocycles. The first kappa shape index (κ1) is 40.8. The van der Waals surface area contributed by atoms with Crippen molar-refractivity contribution < 1.29 is 37.4 Å². The highest BCUT2D eigenvalue weighted by molar-refractivity contribution is 7.57. The number of hydrogen-bond donors (Lipinski definition) is 2. The van der Waals surface area contributed by atoms with Gasteiger partial charge in [0, 0.05) is 54.6 Å². The zero-order valence-corrected chi connectivity index (χ0v) is 34.8. The minimum absolute atomic E-state index is 0.0279. The molecule has 4 saturated heterocycles. The van der Waals surface area contributed by atoms with Crippen molar-refractivity contribution >= 4 is 58.5 Å². The van der Waals surface area contributed by atoms with Crippen LogP contribution in [0.1, 0.15) is 91.4 Å². The van der Waals surface area contributed by atoms with Crippen molar-refractivity contribution in [1.29, 1.82) is 0 Å². The highest BCUT2D eigenvalue weighted by atomic mass is 32.1. The topological polar surface area (TPSA) is 163 Å². The predicted octanol–water partition coefficient (Wildman–Crippen LogP) is 6.34. The summed E-state index contributed by atoms with van der Waals surface area (Å²) < 4.78 is 42.4. The molecule has 2 N–H and O–H groups in total. The molecule has 0 saturated carbocycles. The van der Waals surface area contributed by atoms with Crippen LogP contribution in [0.3, 0.4) is 0 Å². The van der Waals surface area contributed by atoms with Gasteiger partial charge in [0.05, 0.1) is 11.5 Å². The lowest BCUT2D eigenvalue weighted by Gasteiger charge is -2.44. The molecule has 8 rings (SSSR count). The Morgan fingerprint density at radius 3 is 2.58 bits per heavy atom. The fraction of sp³-hybridized carbons (Fsp3) is 0.476. The number of anilines is 1. The van der Waals surface area contributed by atoms with Gasteiger partial charge >= 0.3 is 13.5 Å². The Hall–Kier alpha value is -4.92. The number of nitrogens with zero attached hydrogens (tertiary/aromatic N) is 5. The molecule has 2 aromatic carbocycles. The number of aromatic nitrogens is 2. The molecule has 0 spiro atoms. The average molecular weight is 846 g/mol. The average Bonchev–Trinajstić information content (AvgIpc) is 3.79. The number of benzene rings is 2. The van der Waals surface area contributed by atoms with E-state index in [-0.39, 0.29) is 41.7 Å². The van der Waals surface area contributed by atoms with Gasteiger partial charge in [-0.15, -0.1) is 11.3 Å². The first-order valence-corrected chi connectivity index (χ1v) is 23.0. The van der Waals surface area contributed by atoms with Gasteiger partial charge in [-0.3, -0.25) is 23.7 Å². The van der Waals surface area contributed by atoms with Crippen molar-refractivity contribution in [2.24, 2.45) is 0 Å². The summed E-state index contributed by atoms with van der Waals surface area (Å²) in [5, 5.41) is 6.07. The van der Waals surface area contributed by atoms with E-state index in [0.29, 0.717) is 47.3 Å². The van der Waals surface area contributed by atoms with Crippen molar-refractivity contribution in [3.63, 3.8) is 0 Å². The number of carbonyl (C=O) groups excluding carboxylic acids is 4. The molecule has 4 fully saturated rings. The summed E-state index contributed by atoms with van der Waals surface area (Å²) >= 11 is 1.19. The molecule has 59 heavy (non-hydrogen) atoms. The summed E-state index contributed by atoms with van der Waals surface area (Å²) in [5.74, 6) is -2.38. The summed E-state index contributed by atoms with van der Waals surface area (Å²) in [5.41, 5.74) is 1.08. The van der Waals surface area contributed by atoms with Crippen molar-refractivity contribution in [2.75, 3.05) is 37.7 Å². The molecule has 312 valence electrons. The number of nitrogens with one attached hydrogen (secondary N) is 2. The highest BCUT2D eigenvalue weighted by Crippen LogP contribution is 2.58. The van der Waals surface area contributed by atoms with Gasteiger partial charge in [0.15, 0.2) is 0 Å². The number of ether oxygens (including phenoxy) is 1. The van der Waals surface area contributed by atoms with Crippen LogP contribution in [0.25, 0.3) is 10.1 Å². The monoisotopic (exact) mass is 845 g/mol. The molecular formula is C42H49FN7O7PS. The van der Waals surface area contributed by atoms with E-state index < -0.39 is 43.4 Å². The van der Waals surface area contributed by atoms with E-state index in [9.17, 15) is 23.7 Å². The molecular weight excluding hydrogens is 797 g/mol. The largest absolute Gasteiger partial charge is 0.465 e. The summed E-state index contributed by atoms with van der Waals surface area (Å²) in [6, 6.07) is 11.8. The van der Waals surface area contributed by atoms with Crippen molar-refractivity contribution in [3.05, 3.63) is 83.1 Å². The number of halogens is 1. The molecule has 1 unspecified atom stereocenters. The van der Waals surface area contributed by atoms with E-state index in [4.69, 9.17) is 9.26 Å². The van der Waals surface area contributed by atoms with Gasteiger partial charge in [0.2, 0.25) is 17.7 Å². The molecule has 6 atom stereocenters. The standard InChI is InChI=1S/C42H49FN7O7PS/c1-3-19-56-42(54)26(2)47-58(55,57-31-10-5-4-6-11-31)37(43)27-13-16-35-28(20-27)21-36(59-35)39(51)46-33-12-7-9-30-14-15-34(50(30)40(33)52)41(53)49-23-29(24-49)32-22-44-25-45-38(32)48-17-8-18-48/h4-6,10-11,13,16,20-22,25-26,29-30,33-34,37H,3,7-9,12,14-15,17-19,23-24H2,1-2H3,(H,46,51)(H,47,55)/t26-,30-,33-,34-,37-,58?/m0/s1. The maximum Gasteiger partial charge on any atom is 0.355 e. The van der Waals surface area contributed by atoms with Gasteiger partial charge in [-0.05, 0) is 93.2 Å². The minimum Gasteiger partial charge on any atom is -0.465 e. The normalized spacial score (nSPS) is 22.7. The van der Waals surface area contributed by atoms with Gasteiger partial charge in [-0.2, -0.15) is 0 Å². The smallest absolute Gasteiger partial charge is 0.355 e. The van der Waals surface area contributed by atoms with Crippen molar-refractivity contribution in [2.45, 2.75) is 94.8 Å². The van der Waals surface area contributed by atoms with E-state index >= 15 is 4.39 Å². The molecule has 4 aliphatic heterocycles. The molecule has 14 nitrogen and oxygen atoms in total. The van der Waals surface area contributed by atoms with E-state index in [1.165, 1.54) is 30.4 Å². The molecule has 0 radical (unpaired) electrons. The molecule has 0 aliphatic carbocycles. The number of thiophene rings is 1. The van der Waals surface area contributed by atoms with E-state index in [2.05, 4.69) is 25.3 Å².